The van der Waals surface area contributed by atoms with Gasteiger partial charge in [0, 0.05) is 0 Å². The first-order valence-corrected chi connectivity index (χ1v) is 8.77. The number of amides is 2. The predicted molar refractivity (Wildman–Crippen MR) is 94.4 cm³/mol. The van der Waals surface area contributed by atoms with Crippen LogP contribution in [0, 0.1) is 5.92 Å². The maximum Gasteiger partial charge on any atom is 0.336 e. The Morgan fingerprint density at radius 1 is 1.04 bits per heavy atom. The normalized spacial score (nSPS) is 21.1. The fraction of sp³-hybridized carbons (Fsp3) is 0.286. The van der Waals surface area contributed by atoms with E-state index in [2.05, 4.69) is 0 Å². The van der Waals surface area contributed by atoms with Crippen LogP contribution in [0.2, 0.25) is 0 Å². The van der Waals surface area contributed by atoms with E-state index in [1.165, 1.54) is 0 Å². The van der Waals surface area contributed by atoms with Gasteiger partial charge in [-0.25, -0.2) is 4.79 Å². The monoisotopic (exact) mass is 349 g/mol. The zero-order valence-corrected chi connectivity index (χ0v) is 14.6. The van der Waals surface area contributed by atoms with Crippen molar-refractivity contribution in [3.63, 3.8) is 0 Å². The molecule has 0 spiro atoms. The summed E-state index contributed by atoms with van der Waals surface area (Å²) >= 11 is 0. The molecule has 2 atom stereocenters. The van der Waals surface area contributed by atoms with Gasteiger partial charge in [0.2, 0.25) is 0 Å². The number of hydroxylamine groups is 2. The summed E-state index contributed by atoms with van der Waals surface area (Å²) in [7, 11) is 0. The van der Waals surface area contributed by atoms with Gasteiger partial charge in [0.1, 0.15) is 0 Å². The molecule has 0 aromatic heterocycles. The summed E-state index contributed by atoms with van der Waals surface area (Å²) < 4.78 is 0. The number of nitrogens with zero attached hydrogens (tertiary/aromatic N) is 1. The molecule has 2 aromatic carbocycles. The van der Waals surface area contributed by atoms with Crippen LogP contribution >= 0.6 is 0 Å². The van der Waals surface area contributed by atoms with Gasteiger partial charge in [0.25, 0.3) is 11.8 Å². The van der Waals surface area contributed by atoms with E-state index in [4.69, 9.17) is 4.84 Å². The SMILES string of the molecule is CC(C)c1ccc2c(c1)C(=O)N(OC(=O)[C@H]1C[C@@H]1c1ccccc1)C2=O. The van der Waals surface area contributed by atoms with E-state index in [1.54, 1.807) is 12.1 Å². The Bertz CT molecular complexity index is 903. The summed E-state index contributed by atoms with van der Waals surface area (Å²) in [5, 5.41) is 0.609. The first-order chi connectivity index (χ1) is 12.5. The topological polar surface area (TPSA) is 63.7 Å². The van der Waals surface area contributed by atoms with Crippen LogP contribution in [0.4, 0.5) is 0 Å². The van der Waals surface area contributed by atoms with Crippen LogP contribution in [0.1, 0.15) is 63.9 Å². The van der Waals surface area contributed by atoms with Crippen LogP contribution in [-0.4, -0.2) is 22.8 Å². The lowest BCUT2D eigenvalue weighted by Crippen LogP contribution is -2.33. The molecular formula is C21H19NO4. The summed E-state index contributed by atoms with van der Waals surface area (Å²) in [5.41, 5.74) is 2.61. The largest absolute Gasteiger partial charge is 0.336 e. The second kappa shape index (κ2) is 6.09. The fourth-order valence-corrected chi connectivity index (χ4v) is 3.36. The van der Waals surface area contributed by atoms with E-state index < -0.39 is 17.8 Å². The number of benzene rings is 2. The molecule has 0 N–H and O–H groups in total. The van der Waals surface area contributed by atoms with Crippen molar-refractivity contribution >= 4 is 17.8 Å². The highest BCUT2D eigenvalue weighted by Crippen LogP contribution is 2.48. The Morgan fingerprint density at radius 2 is 1.73 bits per heavy atom. The number of hydrogen-bond acceptors (Lipinski definition) is 4. The van der Waals surface area contributed by atoms with Gasteiger partial charge in [-0.05, 0) is 41.5 Å². The van der Waals surface area contributed by atoms with Crippen molar-refractivity contribution in [1.82, 2.24) is 5.06 Å². The average molecular weight is 349 g/mol. The van der Waals surface area contributed by atoms with Crippen LogP contribution in [0.3, 0.4) is 0 Å². The summed E-state index contributed by atoms with van der Waals surface area (Å²) in [6.45, 7) is 4.02. The van der Waals surface area contributed by atoms with Crippen molar-refractivity contribution < 1.29 is 19.2 Å². The molecule has 5 heteroatoms. The molecule has 26 heavy (non-hydrogen) atoms. The van der Waals surface area contributed by atoms with Gasteiger partial charge >= 0.3 is 5.97 Å². The summed E-state index contributed by atoms with van der Waals surface area (Å²) in [5.74, 6) is -1.67. The van der Waals surface area contributed by atoms with Crippen molar-refractivity contribution in [2.24, 2.45) is 5.92 Å². The second-order valence-corrected chi connectivity index (χ2v) is 7.13. The molecule has 132 valence electrons. The van der Waals surface area contributed by atoms with Crippen LogP contribution in [-0.2, 0) is 9.63 Å². The fourth-order valence-electron chi connectivity index (χ4n) is 3.36. The molecule has 5 nitrogen and oxygen atoms in total. The van der Waals surface area contributed by atoms with Crippen molar-refractivity contribution in [3.05, 3.63) is 70.8 Å². The molecule has 2 aliphatic rings. The van der Waals surface area contributed by atoms with Crippen molar-refractivity contribution in [3.8, 4) is 0 Å². The first kappa shape index (κ1) is 16.5. The predicted octanol–water partition coefficient (Wildman–Crippen LogP) is 3.67. The molecular weight excluding hydrogens is 330 g/mol. The van der Waals surface area contributed by atoms with E-state index in [9.17, 15) is 14.4 Å². The Morgan fingerprint density at radius 3 is 2.42 bits per heavy atom. The highest BCUT2D eigenvalue weighted by Gasteiger charge is 2.48. The molecule has 1 fully saturated rings. The van der Waals surface area contributed by atoms with E-state index in [0.717, 1.165) is 11.1 Å². The Balaban J connectivity index is 1.48. The molecule has 0 saturated heterocycles. The van der Waals surface area contributed by atoms with Crippen LogP contribution < -0.4 is 0 Å². The first-order valence-electron chi connectivity index (χ1n) is 8.77. The molecule has 4 rings (SSSR count). The van der Waals surface area contributed by atoms with Crippen molar-refractivity contribution in [2.45, 2.75) is 32.1 Å². The van der Waals surface area contributed by atoms with Gasteiger partial charge in [-0.2, -0.15) is 0 Å². The Labute approximate surface area is 151 Å². The molecule has 1 aliphatic heterocycles. The molecule has 2 aromatic rings. The van der Waals surface area contributed by atoms with Gasteiger partial charge in [-0.3, -0.25) is 9.59 Å². The van der Waals surface area contributed by atoms with E-state index in [-0.39, 0.29) is 23.3 Å². The summed E-state index contributed by atoms with van der Waals surface area (Å²) in [6.07, 6.45) is 0.670. The minimum Gasteiger partial charge on any atom is -0.329 e. The van der Waals surface area contributed by atoms with Crippen LogP contribution in [0.5, 0.6) is 0 Å². The minimum absolute atomic E-state index is 0.0893. The lowest BCUT2D eigenvalue weighted by atomic mass is 9.98. The molecule has 2 amide bonds. The number of carbonyl (C=O) groups is 3. The van der Waals surface area contributed by atoms with Crippen molar-refractivity contribution in [1.29, 1.82) is 0 Å². The number of rotatable bonds is 4. The van der Waals surface area contributed by atoms with Gasteiger partial charge < -0.3 is 4.84 Å². The molecule has 1 aliphatic carbocycles. The van der Waals surface area contributed by atoms with E-state index in [0.29, 0.717) is 17.0 Å². The zero-order valence-electron chi connectivity index (χ0n) is 14.6. The van der Waals surface area contributed by atoms with Crippen molar-refractivity contribution in [2.75, 3.05) is 0 Å². The standard InChI is InChI=1S/C21H19NO4/c1-12(2)14-8-9-15-17(10-14)20(24)22(19(15)23)26-21(25)18-11-16(18)13-6-4-3-5-7-13/h3-10,12,16,18H,11H2,1-2H3/t16-,18+/m1/s1. The number of hydrogen-bond donors (Lipinski definition) is 0. The number of imide groups is 1. The van der Waals surface area contributed by atoms with Crippen LogP contribution in [0.25, 0.3) is 0 Å². The van der Waals surface area contributed by atoms with Gasteiger partial charge in [0.15, 0.2) is 0 Å². The Hall–Kier alpha value is -2.95. The molecule has 0 bridgehead atoms. The van der Waals surface area contributed by atoms with Gasteiger partial charge in [-0.15, -0.1) is 0 Å². The highest BCUT2D eigenvalue weighted by molar-refractivity contribution is 6.21. The molecule has 0 unspecified atom stereocenters. The molecule has 1 saturated carbocycles. The lowest BCUT2D eigenvalue weighted by molar-refractivity contribution is -0.170. The molecule has 1 heterocycles. The van der Waals surface area contributed by atoms with Crippen LogP contribution in [0.15, 0.2) is 48.5 Å². The number of fused-ring (bicyclic) bond motifs is 1. The third-order valence-corrected chi connectivity index (χ3v) is 5.04. The summed E-state index contributed by atoms with van der Waals surface area (Å²) in [6, 6.07) is 14.9. The quantitative estimate of drug-likeness (QED) is 0.790. The second-order valence-electron chi connectivity index (χ2n) is 7.13. The van der Waals surface area contributed by atoms with Gasteiger partial charge in [-0.1, -0.05) is 55.3 Å². The zero-order chi connectivity index (χ0) is 18.4. The Kier molecular flexibility index (Phi) is 3.87. The van der Waals surface area contributed by atoms with E-state index >= 15 is 0 Å². The highest BCUT2D eigenvalue weighted by atomic mass is 16.7. The smallest absolute Gasteiger partial charge is 0.329 e. The maximum atomic E-state index is 12.5. The summed E-state index contributed by atoms with van der Waals surface area (Å²) in [4.78, 5) is 42.6. The third kappa shape index (κ3) is 2.69. The third-order valence-electron chi connectivity index (χ3n) is 5.04. The maximum absolute atomic E-state index is 12.5. The average Bonchev–Trinajstić information content (AvgIpc) is 3.42. The van der Waals surface area contributed by atoms with E-state index in [1.807, 2.05) is 50.2 Å². The number of carbonyl (C=O) groups excluding carboxylic acids is 3. The lowest BCUT2D eigenvalue weighted by Gasteiger charge is -2.12. The van der Waals surface area contributed by atoms with Gasteiger partial charge in [0.05, 0.1) is 17.0 Å². The molecule has 0 radical (unpaired) electrons. The minimum atomic E-state index is -0.578.